The highest BCUT2D eigenvalue weighted by Crippen LogP contribution is 2.19. The van der Waals surface area contributed by atoms with Crippen LogP contribution in [0.15, 0.2) is 42.7 Å². The van der Waals surface area contributed by atoms with Crippen molar-refractivity contribution in [3.8, 4) is 0 Å². The van der Waals surface area contributed by atoms with Gasteiger partial charge in [-0.25, -0.2) is 4.79 Å². The Bertz CT molecular complexity index is 673. The highest BCUT2D eigenvalue weighted by atomic mass is 16.5. The van der Waals surface area contributed by atoms with Gasteiger partial charge in [-0.3, -0.25) is 4.79 Å². The standard InChI is InChI=1S/C16H18N2O3/c1-11(19)7-8-17-15(16(20)21-2)9-12-10-18-14-6-4-3-5-13(12)14/h3-8,10,15,17-18H,9H2,1-2H3/b8-7+/t15-/m0/s1. The van der Waals surface area contributed by atoms with E-state index in [0.29, 0.717) is 6.42 Å². The zero-order valence-electron chi connectivity index (χ0n) is 12.1. The molecule has 0 bridgehead atoms. The van der Waals surface area contributed by atoms with Gasteiger partial charge in [0, 0.05) is 29.7 Å². The number of fused-ring (bicyclic) bond motifs is 1. The van der Waals surface area contributed by atoms with Gasteiger partial charge in [0.25, 0.3) is 0 Å². The molecule has 2 N–H and O–H groups in total. The van der Waals surface area contributed by atoms with Gasteiger partial charge in [0.2, 0.25) is 0 Å². The molecule has 0 unspecified atom stereocenters. The van der Waals surface area contributed by atoms with E-state index in [-0.39, 0.29) is 11.8 Å². The lowest BCUT2D eigenvalue weighted by Crippen LogP contribution is -2.36. The number of benzene rings is 1. The SMILES string of the molecule is COC(=O)[C@H](Cc1c[nH]c2ccccc12)N/C=C/C(C)=O. The number of ether oxygens (including phenoxy) is 1. The normalized spacial score (nSPS) is 12.5. The Morgan fingerprint density at radius 3 is 2.86 bits per heavy atom. The molecule has 1 aromatic heterocycles. The predicted octanol–water partition coefficient (Wildman–Crippen LogP) is 1.94. The zero-order chi connectivity index (χ0) is 15.2. The van der Waals surface area contributed by atoms with Crippen LogP contribution in [0, 0.1) is 0 Å². The van der Waals surface area contributed by atoms with Crippen molar-refractivity contribution >= 4 is 22.7 Å². The third-order valence-corrected chi connectivity index (χ3v) is 3.20. The molecule has 0 amide bonds. The number of aromatic nitrogens is 1. The molecule has 0 aliphatic heterocycles. The first-order valence-electron chi connectivity index (χ1n) is 6.68. The molecule has 5 heteroatoms. The van der Waals surface area contributed by atoms with Crippen molar-refractivity contribution in [3.63, 3.8) is 0 Å². The molecule has 0 saturated heterocycles. The summed E-state index contributed by atoms with van der Waals surface area (Å²) < 4.78 is 4.80. The van der Waals surface area contributed by atoms with Gasteiger partial charge in [-0.05, 0) is 24.6 Å². The number of methoxy groups -OCH3 is 1. The van der Waals surface area contributed by atoms with E-state index in [2.05, 4.69) is 10.3 Å². The van der Waals surface area contributed by atoms with Crippen molar-refractivity contribution < 1.29 is 14.3 Å². The molecule has 0 radical (unpaired) electrons. The van der Waals surface area contributed by atoms with E-state index in [1.54, 1.807) is 0 Å². The van der Waals surface area contributed by atoms with Crippen molar-refractivity contribution in [2.75, 3.05) is 7.11 Å². The monoisotopic (exact) mass is 286 g/mol. The lowest BCUT2D eigenvalue weighted by molar-refractivity contribution is -0.142. The van der Waals surface area contributed by atoms with Gasteiger partial charge in [-0.15, -0.1) is 0 Å². The fraction of sp³-hybridized carbons (Fsp3) is 0.250. The van der Waals surface area contributed by atoms with Crippen LogP contribution in [0.2, 0.25) is 0 Å². The summed E-state index contributed by atoms with van der Waals surface area (Å²) in [5, 5.41) is 3.99. The number of rotatable bonds is 6. The molecule has 0 aliphatic carbocycles. The molecule has 0 aliphatic rings. The number of carbonyl (C=O) groups excluding carboxylic acids is 2. The number of ketones is 1. The summed E-state index contributed by atoms with van der Waals surface area (Å²) in [4.78, 5) is 25.9. The smallest absolute Gasteiger partial charge is 0.328 e. The van der Waals surface area contributed by atoms with Crippen LogP contribution in [0.1, 0.15) is 12.5 Å². The molecule has 110 valence electrons. The van der Waals surface area contributed by atoms with Crippen LogP contribution in [-0.2, 0) is 20.7 Å². The second-order valence-corrected chi connectivity index (χ2v) is 4.75. The Morgan fingerprint density at radius 2 is 2.14 bits per heavy atom. The van der Waals surface area contributed by atoms with Crippen LogP contribution in [0.3, 0.4) is 0 Å². The highest BCUT2D eigenvalue weighted by Gasteiger charge is 2.19. The van der Waals surface area contributed by atoms with Gasteiger partial charge in [-0.1, -0.05) is 18.2 Å². The Balaban J connectivity index is 2.18. The van der Waals surface area contributed by atoms with Gasteiger partial charge in [-0.2, -0.15) is 0 Å². The van der Waals surface area contributed by atoms with Crippen LogP contribution >= 0.6 is 0 Å². The van der Waals surface area contributed by atoms with E-state index in [1.165, 1.54) is 26.3 Å². The number of H-pyrrole nitrogens is 1. The van der Waals surface area contributed by atoms with Gasteiger partial charge < -0.3 is 15.0 Å². The molecule has 1 heterocycles. The van der Waals surface area contributed by atoms with Gasteiger partial charge in [0.15, 0.2) is 5.78 Å². The van der Waals surface area contributed by atoms with Crippen molar-refractivity contribution in [3.05, 3.63) is 48.3 Å². The summed E-state index contributed by atoms with van der Waals surface area (Å²) in [5.41, 5.74) is 2.04. The summed E-state index contributed by atoms with van der Waals surface area (Å²) in [5.74, 6) is -0.452. The summed E-state index contributed by atoms with van der Waals surface area (Å²) in [7, 11) is 1.35. The van der Waals surface area contributed by atoms with Crippen LogP contribution in [0.5, 0.6) is 0 Å². The summed E-state index contributed by atoms with van der Waals surface area (Å²) in [6.07, 6.45) is 5.22. The van der Waals surface area contributed by atoms with E-state index < -0.39 is 6.04 Å². The summed E-state index contributed by atoms with van der Waals surface area (Å²) in [6.45, 7) is 1.45. The summed E-state index contributed by atoms with van der Waals surface area (Å²) >= 11 is 0. The average Bonchev–Trinajstić information content (AvgIpc) is 2.88. The van der Waals surface area contributed by atoms with Crippen LogP contribution in [-0.4, -0.2) is 29.9 Å². The lowest BCUT2D eigenvalue weighted by Gasteiger charge is -2.14. The molecule has 1 atom stereocenters. The van der Waals surface area contributed by atoms with E-state index in [4.69, 9.17) is 4.74 Å². The van der Waals surface area contributed by atoms with Gasteiger partial charge >= 0.3 is 5.97 Å². The second-order valence-electron chi connectivity index (χ2n) is 4.75. The first-order chi connectivity index (χ1) is 10.1. The maximum atomic E-state index is 11.8. The number of esters is 1. The quantitative estimate of drug-likeness (QED) is 0.629. The topological polar surface area (TPSA) is 71.2 Å². The minimum Gasteiger partial charge on any atom is -0.467 e. The molecule has 2 aromatic rings. The fourth-order valence-electron chi connectivity index (χ4n) is 2.15. The van der Waals surface area contributed by atoms with E-state index in [1.807, 2.05) is 30.5 Å². The van der Waals surface area contributed by atoms with Crippen molar-refractivity contribution in [2.24, 2.45) is 0 Å². The minimum absolute atomic E-state index is 0.0850. The number of nitrogens with one attached hydrogen (secondary N) is 2. The molecule has 0 saturated carbocycles. The molecule has 21 heavy (non-hydrogen) atoms. The molecule has 2 rings (SSSR count). The Kier molecular flexibility index (Phi) is 4.77. The predicted molar refractivity (Wildman–Crippen MR) is 80.8 cm³/mol. The Labute approximate surface area is 123 Å². The van der Waals surface area contributed by atoms with Gasteiger partial charge in [0.1, 0.15) is 6.04 Å². The third kappa shape index (κ3) is 3.72. The van der Waals surface area contributed by atoms with Gasteiger partial charge in [0.05, 0.1) is 7.11 Å². The first-order valence-corrected chi connectivity index (χ1v) is 6.68. The largest absolute Gasteiger partial charge is 0.467 e. The van der Waals surface area contributed by atoms with Crippen molar-refractivity contribution in [1.29, 1.82) is 0 Å². The first kappa shape index (κ1) is 14.8. The molecular weight excluding hydrogens is 268 g/mol. The molecule has 5 nitrogen and oxygen atoms in total. The van der Waals surface area contributed by atoms with E-state index >= 15 is 0 Å². The van der Waals surface area contributed by atoms with E-state index in [0.717, 1.165) is 16.5 Å². The zero-order valence-corrected chi connectivity index (χ0v) is 12.1. The number of hydrogen-bond donors (Lipinski definition) is 2. The number of allylic oxidation sites excluding steroid dienone is 1. The number of para-hydroxylation sites is 1. The van der Waals surface area contributed by atoms with E-state index in [9.17, 15) is 9.59 Å². The molecule has 0 spiro atoms. The Hall–Kier alpha value is -2.56. The lowest BCUT2D eigenvalue weighted by atomic mass is 10.1. The van der Waals surface area contributed by atoms with Crippen LogP contribution in [0.25, 0.3) is 10.9 Å². The fourth-order valence-corrected chi connectivity index (χ4v) is 2.15. The minimum atomic E-state index is -0.537. The number of hydrogen-bond acceptors (Lipinski definition) is 4. The third-order valence-electron chi connectivity index (χ3n) is 3.20. The maximum Gasteiger partial charge on any atom is 0.328 e. The van der Waals surface area contributed by atoms with Crippen LogP contribution < -0.4 is 5.32 Å². The second kappa shape index (κ2) is 6.74. The van der Waals surface area contributed by atoms with Crippen molar-refractivity contribution in [2.45, 2.75) is 19.4 Å². The van der Waals surface area contributed by atoms with Crippen molar-refractivity contribution in [1.82, 2.24) is 10.3 Å². The Morgan fingerprint density at radius 1 is 1.38 bits per heavy atom. The number of carbonyl (C=O) groups is 2. The molecule has 1 aromatic carbocycles. The molecular formula is C16H18N2O3. The average molecular weight is 286 g/mol. The van der Waals surface area contributed by atoms with Crippen LogP contribution in [0.4, 0.5) is 0 Å². The highest BCUT2D eigenvalue weighted by molar-refractivity contribution is 5.87. The molecule has 0 fully saturated rings. The summed E-state index contributed by atoms with van der Waals surface area (Å²) in [6, 6.07) is 7.35. The maximum absolute atomic E-state index is 11.8. The number of aromatic amines is 1.